The third kappa shape index (κ3) is 3.02. The van der Waals surface area contributed by atoms with Gasteiger partial charge in [-0.05, 0) is 48.9 Å². The topological polar surface area (TPSA) is 63.5 Å². The van der Waals surface area contributed by atoms with Gasteiger partial charge in [0.15, 0.2) is 5.13 Å². The fourth-order valence-corrected chi connectivity index (χ4v) is 3.61. The minimum atomic E-state index is -0.410. The molecule has 134 valence electrons. The van der Waals surface area contributed by atoms with E-state index in [0.29, 0.717) is 33.0 Å². The highest BCUT2D eigenvalue weighted by molar-refractivity contribution is 7.13. The third-order valence-corrected chi connectivity index (χ3v) is 4.98. The molecule has 3 heterocycles. The van der Waals surface area contributed by atoms with Crippen molar-refractivity contribution in [1.82, 2.24) is 9.38 Å². The number of carbonyl (C=O) groups is 2. The summed E-state index contributed by atoms with van der Waals surface area (Å²) in [6.45, 7) is 1.74. The van der Waals surface area contributed by atoms with Gasteiger partial charge in [0.1, 0.15) is 5.82 Å². The lowest BCUT2D eigenvalue weighted by molar-refractivity contribution is 0.102. The van der Waals surface area contributed by atoms with Crippen molar-refractivity contribution < 1.29 is 14.0 Å². The molecule has 27 heavy (non-hydrogen) atoms. The van der Waals surface area contributed by atoms with E-state index in [4.69, 9.17) is 0 Å². The molecule has 0 aliphatic carbocycles. The van der Waals surface area contributed by atoms with E-state index in [1.807, 2.05) is 0 Å². The van der Waals surface area contributed by atoms with Gasteiger partial charge in [-0.3, -0.25) is 14.9 Å². The standard InChI is InChI=1S/C20H14FN3O2S/c1-12-16(19(26)23-20-22-9-11-27-20)15-4-2-3-10-24(15)17(12)18(25)13-5-7-14(21)8-6-13/h2-11H,1H3,(H,22,23,26). The van der Waals surface area contributed by atoms with E-state index in [2.05, 4.69) is 10.3 Å². The molecule has 1 aromatic carbocycles. The molecule has 1 amide bonds. The summed E-state index contributed by atoms with van der Waals surface area (Å²) in [7, 11) is 0. The first kappa shape index (κ1) is 17.1. The van der Waals surface area contributed by atoms with E-state index in [1.54, 1.807) is 47.3 Å². The Hall–Kier alpha value is -3.32. The number of thiazole rings is 1. The number of halogens is 1. The molecule has 5 nitrogen and oxygen atoms in total. The Morgan fingerprint density at radius 3 is 2.63 bits per heavy atom. The van der Waals surface area contributed by atoms with E-state index < -0.39 is 5.82 Å². The number of carbonyl (C=O) groups excluding carboxylic acids is 2. The molecule has 1 N–H and O–H groups in total. The molecule has 0 saturated carbocycles. The molecule has 0 aliphatic rings. The van der Waals surface area contributed by atoms with Crippen LogP contribution in [0.3, 0.4) is 0 Å². The van der Waals surface area contributed by atoms with Crippen molar-refractivity contribution in [2.75, 3.05) is 5.32 Å². The Labute approximate surface area is 158 Å². The molecule has 0 fully saturated rings. The van der Waals surface area contributed by atoms with Crippen LogP contribution in [0.15, 0.2) is 60.2 Å². The summed E-state index contributed by atoms with van der Waals surface area (Å²) < 4.78 is 14.9. The zero-order chi connectivity index (χ0) is 19.0. The number of hydrogen-bond acceptors (Lipinski definition) is 4. The molecule has 7 heteroatoms. The number of nitrogens with zero attached hydrogens (tertiary/aromatic N) is 2. The van der Waals surface area contributed by atoms with Crippen molar-refractivity contribution in [3.63, 3.8) is 0 Å². The number of amides is 1. The number of anilines is 1. The maximum Gasteiger partial charge on any atom is 0.259 e. The fourth-order valence-electron chi connectivity index (χ4n) is 3.08. The van der Waals surface area contributed by atoms with E-state index in [-0.39, 0.29) is 11.7 Å². The lowest BCUT2D eigenvalue weighted by Crippen LogP contribution is -2.13. The monoisotopic (exact) mass is 379 g/mol. The quantitative estimate of drug-likeness (QED) is 0.537. The van der Waals surface area contributed by atoms with Crippen LogP contribution in [0.5, 0.6) is 0 Å². The van der Waals surface area contributed by atoms with Crippen LogP contribution < -0.4 is 5.32 Å². The predicted molar refractivity (Wildman–Crippen MR) is 102 cm³/mol. The smallest absolute Gasteiger partial charge is 0.259 e. The van der Waals surface area contributed by atoms with E-state index in [0.717, 1.165) is 0 Å². The van der Waals surface area contributed by atoms with Crippen molar-refractivity contribution in [3.8, 4) is 0 Å². The minimum absolute atomic E-state index is 0.276. The number of ketones is 1. The second-order valence-corrected chi connectivity index (χ2v) is 6.83. The molecule has 0 radical (unpaired) electrons. The average molecular weight is 379 g/mol. The van der Waals surface area contributed by atoms with Crippen molar-refractivity contribution in [3.05, 3.63) is 88.4 Å². The molecule has 3 aromatic heterocycles. The summed E-state index contributed by atoms with van der Waals surface area (Å²) in [5.74, 6) is -1.02. The van der Waals surface area contributed by atoms with Gasteiger partial charge in [0, 0.05) is 23.3 Å². The van der Waals surface area contributed by atoms with Crippen molar-refractivity contribution in [1.29, 1.82) is 0 Å². The van der Waals surface area contributed by atoms with Crippen molar-refractivity contribution in [2.24, 2.45) is 0 Å². The van der Waals surface area contributed by atoms with Crippen LogP contribution in [-0.2, 0) is 0 Å². The third-order valence-electron chi connectivity index (χ3n) is 4.29. The highest BCUT2D eigenvalue weighted by atomic mass is 32.1. The highest BCUT2D eigenvalue weighted by Gasteiger charge is 2.25. The Balaban J connectivity index is 1.84. The van der Waals surface area contributed by atoms with E-state index >= 15 is 0 Å². The molecule has 0 spiro atoms. The number of hydrogen-bond donors (Lipinski definition) is 1. The summed E-state index contributed by atoms with van der Waals surface area (Å²) in [5.41, 5.74) is 2.33. The van der Waals surface area contributed by atoms with Gasteiger partial charge in [-0.25, -0.2) is 9.37 Å². The first-order valence-corrected chi connectivity index (χ1v) is 9.05. The lowest BCUT2D eigenvalue weighted by Gasteiger charge is -2.04. The second-order valence-electron chi connectivity index (χ2n) is 5.93. The molecule has 0 unspecified atom stereocenters. The number of aromatic nitrogens is 2. The van der Waals surface area contributed by atoms with E-state index in [1.165, 1.54) is 35.6 Å². The van der Waals surface area contributed by atoms with Crippen LogP contribution in [0.4, 0.5) is 9.52 Å². The van der Waals surface area contributed by atoms with E-state index in [9.17, 15) is 14.0 Å². The van der Waals surface area contributed by atoms with Crippen LogP contribution in [-0.4, -0.2) is 21.1 Å². The van der Waals surface area contributed by atoms with Crippen LogP contribution in [0, 0.1) is 12.7 Å². The molecule has 0 bridgehead atoms. The molecular weight excluding hydrogens is 365 g/mol. The van der Waals surface area contributed by atoms with Crippen LogP contribution in [0.1, 0.15) is 32.0 Å². The maximum absolute atomic E-state index is 13.2. The largest absolute Gasteiger partial charge is 0.313 e. The van der Waals surface area contributed by atoms with Gasteiger partial charge in [0.2, 0.25) is 5.78 Å². The molecule has 4 rings (SSSR count). The number of fused-ring (bicyclic) bond motifs is 1. The first-order chi connectivity index (χ1) is 13.1. The SMILES string of the molecule is Cc1c(C(=O)Nc2nccs2)c2ccccn2c1C(=O)c1ccc(F)cc1. The fraction of sp³-hybridized carbons (Fsp3) is 0.0500. The summed E-state index contributed by atoms with van der Waals surface area (Å²) in [6, 6.07) is 10.7. The molecule has 0 aliphatic heterocycles. The van der Waals surface area contributed by atoms with Crippen LogP contribution in [0.2, 0.25) is 0 Å². The summed E-state index contributed by atoms with van der Waals surface area (Å²) in [5, 5.41) is 5.02. The highest BCUT2D eigenvalue weighted by Crippen LogP contribution is 2.27. The number of benzene rings is 1. The Morgan fingerprint density at radius 1 is 1.15 bits per heavy atom. The van der Waals surface area contributed by atoms with Crippen molar-refractivity contribution >= 4 is 33.7 Å². The van der Waals surface area contributed by atoms with Gasteiger partial charge >= 0.3 is 0 Å². The molecule has 0 saturated heterocycles. The normalized spacial score (nSPS) is 10.9. The number of nitrogens with one attached hydrogen (secondary N) is 1. The lowest BCUT2D eigenvalue weighted by atomic mass is 10.0. The second kappa shape index (κ2) is 6.77. The van der Waals surface area contributed by atoms with Gasteiger partial charge in [-0.2, -0.15) is 0 Å². The van der Waals surface area contributed by atoms with Gasteiger partial charge in [0.25, 0.3) is 5.91 Å². The number of pyridine rings is 1. The summed E-state index contributed by atoms with van der Waals surface area (Å²) in [6.07, 6.45) is 3.34. The van der Waals surface area contributed by atoms with Gasteiger partial charge < -0.3 is 4.40 Å². The summed E-state index contributed by atoms with van der Waals surface area (Å²) >= 11 is 1.32. The van der Waals surface area contributed by atoms with Gasteiger partial charge in [0.05, 0.1) is 16.8 Å². The predicted octanol–water partition coefficient (Wildman–Crippen LogP) is 4.33. The Kier molecular flexibility index (Phi) is 4.29. The van der Waals surface area contributed by atoms with Gasteiger partial charge in [-0.1, -0.05) is 6.07 Å². The van der Waals surface area contributed by atoms with Gasteiger partial charge in [-0.15, -0.1) is 11.3 Å². The van der Waals surface area contributed by atoms with Crippen molar-refractivity contribution in [2.45, 2.75) is 6.92 Å². The number of rotatable bonds is 4. The minimum Gasteiger partial charge on any atom is -0.313 e. The zero-order valence-electron chi connectivity index (χ0n) is 14.3. The first-order valence-electron chi connectivity index (χ1n) is 8.17. The van der Waals surface area contributed by atoms with Crippen LogP contribution >= 0.6 is 11.3 Å². The summed E-state index contributed by atoms with van der Waals surface area (Å²) in [4.78, 5) is 30.0. The molecule has 0 atom stereocenters. The maximum atomic E-state index is 13.2. The van der Waals surface area contributed by atoms with Crippen LogP contribution in [0.25, 0.3) is 5.52 Å². The molecule has 4 aromatic rings. The average Bonchev–Trinajstić information content (AvgIpc) is 3.26. The zero-order valence-corrected chi connectivity index (χ0v) is 15.1. The molecular formula is C20H14FN3O2S. The Morgan fingerprint density at radius 2 is 1.93 bits per heavy atom. The Bertz CT molecular complexity index is 1150.